The minimum atomic E-state index is -0.124. The first kappa shape index (κ1) is 19.8. The lowest BCUT2D eigenvalue weighted by Crippen LogP contribution is -2.41. The van der Waals surface area contributed by atoms with Gasteiger partial charge in [0.15, 0.2) is 5.82 Å². The van der Waals surface area contributed by atoms with Crippen molar-refractivity contribution in [2.75, 3.05) is 20.2 Å². The summed E-state index contributed by atoms with van der Waals surface area (Å²) in [6, 6.07) is 8.95. The second-order valence-electron chi connectivity index (χ2n) is 6.67. The molecule has 0 aromatic carbocycles. The quantitative estimate of drug-likeness (QED) is 0.617. The molecule has 10 heteroatoms. The highest BCUT2D eigenvalue weighted by Gasteiger charge is 2.28. The highest BCUT2D eigenvalue weighted by molar-refractivity contribution is 7.99. The third-order valence-corrected chi connectivity index (χ3v) is 5.90. The zero-order valence-electron chi connectivity index (χ0n) is 16.3. The van der Waals surface area contributed by atoms with Crippen LogP contribution >= 0.6 is 11.8 Å². The van der Waals surface area contributed by atoms with E-state index in [9.17, 15) is 4.79 Å². The Morgan fingerprint density at radius 1 is 1.27 bits per heavy atom. The van der Waals surface area contributed by atoms with Crippen LogP contribution in [0.3, 0.4) is 0 Å². The first-order valence-electron chi connectivity index (χ1n) is 9.41. The molecular weight excluding hydrogens is 402 g/mol. The number of ether oxygens (including phenoxy) is 1. The molecule has 0 bridgehead atoms. The molecule has 4 rings (SSSR count). The van der Waals surface area contributed by atoms with Crippen molar-refractivity contribution in [2.45, 2.75) is 23.1 Å². The molecule has 152 valence electrons. The molecule has 1 aliphatic heterocycles. The number of nitrogens with zero attached hydrogens (tertiary/aromatic N) is 7. The normalized spacial score (nSPS) is 16.1. The maximum absolute atomic E-state index is 13.3. The van der Waals surface area contributed by atoms with Gasteiger partial charge in [-0.1, -0.05) is 0 Å². The molecule has 1 aliphatic rings. The molecule has 1 amide bonds. The predicted octanol–water partition coefficient (Wildman–Crippen LogP) is 2.33. The smallest absolute Gasteiger partial charge is 0.257 e. The maximum Gasteiger partial charge on any atom is 0.257 e. The van der Waals surface area contributed by atoms with Gasteiger partial charge in [-0.25, -0.2) is 4.98 Å². The van der Waals surface area contributed by atoms with Gasteiger partial charge < -0.3 is 9.64 Å². The van der Waals surface area contributed by atoms with Gasteiger partial charge in [0.1, 0.15) is 0 Å². The second-order valence-corrected chi connectivity index (χ2v) is 7.99. The fraction of sp³-hybridized carbons (Fsp3) is 0.300. The van der Waals surface area contributed by atoms with Crippen molar-refractivity contribution in [2.24, 2.45) is 0 Å². The van der Waals surface area contributed by atoms with Gasteiger partial charge in [0.25, 0.3) is 5.91 Å². The number of aromatic nitrogens is 5. The number of nitriles is 1. The first-order chi connectivity index (χ1) is 14.7. The Hall–Kier alpha value is -3.45. The van der Waals surface area contributed by atoms with Gasteiger partial charge in [-0.3, -0.25) is 4.79 Å². The summed E-state index contributed by atoms with van der Waals surface area (Å²) in [6.07, 6.45) is 6.57. The highest BCUT2D eigenvalue weighted by Crippen LogP contribution is 2.30. The van der Waals surface area contributed by atoms with Gasteiger partial charge in [0.2, 0.25) is 5.88 Å². The van der Waals surface area contributed by atoms with Crippen LogP contribution in [-0.4, -0.2) is 61.2 Å². The van der Waals surface area contributed by atoms with E-state index in [0.717, 1.165) is 17.9 Å². The third-order valence-electron chi connectivity index (χ3n) is 4.71. The van der Waals surface area contributed by atoms with E-state index in [-0.39, 0.29) is 11.2 Å². The number of rotatable bonds is 5. The van der Waals surface area contributed by atoms with E-state index in [4.69, 9.17) is 10.00 Å². The summed E-state index contributed by atoms with van der Waals surface area (Å²) in [7, 11) is 1.52. The highest BCUT2D eigenvalue weighted by atomic mass is 32.2. The lowest BCUT2D eigenvalue weighted by atomic mass is 10.1. The standard InChI is InChI=1S/C20H19N7O2S/c1-29-17-5-4-16(19(25-17)27-23-8-9-24-27)20(28)26-10-2-3-15(13-26)30-18-11-14(12-21)6-7-22-18/h4-9,11,15H,2-3,10,13H2,1H3. The van der Waals surface area contributed by atoms with Gasteiger partial charge in [-0.2, -0.15) is 20.4 Å². The SMILES string of the molecule is COc1ccc(C(=O)N2CCCC(Sc3cc(C#N)ccn3)C2)c(-n2nccn2)n1. The third kappa shape index (κ3) is 4.26. The van der Waals surface area contributed by atoms with Crippen LogP contribution in [-0.2, 0) is 0 Å². The van der Waals surface area contributed by atoms with Crippen LogP contribution in [0.1, 0.15) is 28.8 Å². The lowest BCUT2D eigenvalue weighted by Gasteiger charge is -2.32. The molecular formula is C20H19N7O2S. The van der Waals surface area contributed by atoms with Crippen LogP contribution in [0.15, 0.2) is 47.9 Å². The Kier molecular flexibility index (Phi) is 5.90. The summed E-state index contributed by atoms with van der Waals surface area (Å²) in [4.78, 5) is 25.2. The summed E-state index contributed by atoms with van der Waals surface area (Å²) in [6.45, 7) is 1.25. The van der Waals surface area contributed by atoms with Crippen LogP contribution in [0.5, 0.6) is 5.88 Å². The molecule has 1 fully saturated rings. The number of pyridine rings is 2. The molecule has 30 heavy (non-hydrogen) atoms. The Labute approximate surface area is 177 Å². The van der Waals surface area contributed by atoms with Crippen LogP contribution in [0, 0.1) is 11.3 Å². The van der Waals surface area contributed by atoms with Gasteiger partial charge in [-0.15, -0.1) is 16.6 Å². The van der Waals surface area contributed by atoms with Crippen LogP contribution in [0.25, 0.3) is 5.82 Å². The zero-order chi connectivity index (χ0) is 20.9. The van der Waals surface area contributed by atoms with E-state index in [0.29, 0.717) is 35.9 Å². The monoisotopic (exact) mass is 421 g/mol. The molecule has 0 spiro atoms. The number of likely N-dealkylation sites (tertiary alicyclic amines) is 1. The van der Waals surface area contributed by atoms with Crippen molar-refractivity contribution in [3.05, 3.63) is 54.0 Å². The first-order valence-corrected chi connectivity index (χ1v) is 10.3. The van der Waals surface area contributed by atoms with Crippen molar-refractivity contribution in [1.29, 1.82) is 5.26 Å². The van der Waals surface area contributed by atoms with Gasteiger partial charge in [0, 0.05) is 30.6 Å². The van der Waals surface area contributed by atoms with E-state index in [1.165, 1.54) is 24.3 Å². The maximum atomic E-state index is 13.3. The van der Waals surface area contributed by atoms with E-state index in [1.54, 1.807) is 42.2 Å². The Morgan fingerprint density at radius 3 is 2.87 bits per heavy atom. The molecule has 1 unspecified atom stereocenters. The van der Waals surface area contributed by atoms with E-state index in [2.05, 4.69) is 26.2 Å². The zero-order valence-corrected chi connectivity index (χ0v) is 17.1. The van der Waals surface area contributed by atoms with Gasteiger partial charge in [0.05, 0.1) is 41.7 Å². The van der Waals surface area contributed by atoms with E-state index in [1.807, 2.05) is 4.90 Å². The summed E-state index contributed by atoms with van der Waals surface area (Å²) < 4.78 is 5.20. The molecule has 1 saturated heterocycles. The molecule has 3 aromatic rings. The average molecular weight is 421 g/mol. The number of thioether (sulfide) groups is 1. The molecule has 3 aromatic heterocycles. The summed E-state index contributed by atoms with van der Waals surface area (Å²) in [5.41, 5.74) is 0.999. The van der Waals surface area contributed by atoms with E-state index < -0.39 is 0 Å². The molecule has 0 N–H and O–H groups in total. The number of amides is 1. The number of carbonyl (C=O) groups excluding carboxylic acids is 1. The van der Waals surface area contributed by atoms with Crippen molar-refractivity contribution in [3.63, 3.8) is 0 Å². The molecule has 1 atom stereocenters. The average Bonchev–Trinajstić information content (AvgIpc) is 3.33. The molecule has 4 heterocycles. The Bertz CT molecular complexity index is 1080. The number of methoxy groups -OCH3 is 1. The van der Waals surface area contributed by atoms with Gasteiger partial charge in [-0.05, 0) is 31.0 Å². The minimum absolute atomic E-state index is 0.124. The largest absolute Gasteiger partial charge is 0.481 e. The summed E-state index contributed by atoms with van der Waals surface area (Å²) >= 11 is 1.60. The number of hydrogen-bond donors (Lipinski definition) is 0. The number of carbonyl (C=O) groups is 1. The Morgan fingerprint density at radius 2 is 2.10 bits per heavy atom. The molecule has 0 aliphatic carbocycles. The minimum Gasteiger partial charge on any atom is -0.481 e. The summed E-state index contributed by atoms with van der Waals surface area (Å²) in [5.74, 6) is 0.596. The summed E-state index contributed by atoms with van der Waals surface area (Å²) in [5, 5.41) is 18.3. The molecule has 9 nitrogen and oxygen atoms in total. The van der Waals surface area contributed by atoms with Crippen molar-refractivity contribution >= 4 is 17.7 Å². The van der Waals surface area contributed by atoms with Crippen molar-refractivity contribution in [1.82, 2.24) is 29.9 Å². The predicted molar refractivity (Wildman–Crippen MR) is 109 cm³/mol. The van der Waals surface area contributed by atoms with Crippen LogP contribution < -0.4 is 4.74 Å². The van der Waals surface area contributed by atoms with Crippen LogP contribution in [0.4, 0.5) is 0 Å². The fourth-order valence-corrected chi connectivity index (χ4v) is 4.49. The fourth-order valence-electron chi connectivity index (χ4n) is 3.29. The van der Waals surface area contributed by atoms with Crippen molar-refractivity contribution < 1.29 is 9.53 Å². The lowest BCUT2D eigenvalue weighted by molar-refractivity contribution is 0.0727. The topological polar surface area (TPSA) is 110 Å². The van der Waals surface area contributed by atoms with Gasteiger partial charge >= 0.3 is 0 Å². The molecule has 0 saturated carbocycles. The van der Waals surface area contributed by atoms with E-state index >= 15 is 0 Å². The molecule has 0 radical (unpaired) electrons. The number of piperidine rings is 1. The second kappa shape index (κ2) is 8.92. The Balaban J connectivity index is 1.54. The number of hydrogen-bond acceptors (Lipinski definition) is 8. The van der Waals surface area contributed by atoms with Crippen LogP contribution in [0.2, 0.25) is 0 Å². The van der Waals surface area contributed by atoms with Crippen molar-refractivity contribution in [3.8, 4) is 17.8 Å².